The van der Waals surface area contributed by atoms with Crippen molar-refractivity contribution in [2.24, 2.45) is 11.3 Å². The van der Waals surface area contributed by atoms with Crippen molar-refractivity contribution in [3.63, 3.8) is 0 Å². The molecule has 0 fully saturated rings. The van der Waals surface area contributed by atoms with Gasteiger partial charge in [-0.15, -0.1) is 0 Å². The van der Waals surface area contributed by atoms with E-state index < -0.39 is 15.4 Å². The Balaban J connectivity index is 1.86. The largest absolute Gasteiger partial charge is 0.490 e. The van der Waals surface area contributed by atoms with Gasteiger partial charge in [0.15, 0.2) is 0 Å². The highest BCUT2D eigenvalue weighted by Gasteiger charge is 2.37. The van der Waals surface area contributed by atoms with Crippen molar-refractivity contribution in [2.75, 3.05) is 28.1 Å². The van der Waals surface area contributed by atoms with Crippen molar-refractivity contribution in [1.29, 1.82) is 0 Å². The molecule has 0 spiro atoms. The zero-order chi connectivity index (χ0) is 24.4. The van der Waals surface area contributed by atoms with Gasteiger partial charge in [0.2, 0.25) is 11.8 Å². The maximum Gasteiger partial charge on any atom is 0.261 e. The van der Waals surface area contributed by atoms with Gasteiger partial charge in [-0.05, 0) is 62.7 Å². The normalized spacial score (nSPS) is 15.5. The van der Waals surface area contributed by atoms with Gasteiger partial charge in [0.05, 0.1) is 21.7 Å². The predicted molar refractivity (Wildman–Crippen MR) is 129 cm³/mol. The van der Waals surface area contributed by atoms with Crippen molar-refractivity contribution >= 4 is 38.9 Å². The quantitative estimate of drug-likeness (QED) is 0.626. The lowest BCUT2D eigenvalue weighted by molar-refractivity contribution is -0.127. The molecule has 0 atom stereocenters. The van der Waals surface area contributed by atoms with Gasteiger partial charge in [-0.2, -0.15) is 0 Å². The molecule has 178 valence electrons. The molecule has 33 heavy (non-hydrogen) atoms. The maximum atomic E-state index is 13.1. The summed E-state index contributed by atoms with van der Waals surface area (Å²) in [5.74, 6) is 0.139. The standard InChI is InChI=1S/C24H31N3O5S/c1-6-13-27-20-14-18(9-12-21(20)32-15-24(4,5)23(27)29)26-33(30,31)19-10-7-17(8-11-19)25-22(28)16(2)3/h7-12,14,16,26H,6,13,15H2,1-5H3,(H,25,28). The molecule has 1 aliphatic heterocycles. The van der Waals surface area contributed by atoms with Crippen LogP contribution in [0.4, 0.5) is 17.1 Å². The van der Waals surface area contributed by atoms with Crippen LogP contribution in [0.3, 0.4) is 0 Å². The topological polar surface area (TPSA) is 105 Å². The van der Waals surface area contributed by atoms with Gasteiger partial charge in [0.1, 0.15) is 12.4 Å². The van der Waals surface area contributed by atoms with Crippen LogP contribution in [0.1, 0.15) is 41.0 Å². The molecule has 2 aromatic rings. The lowest BCUT2D eigenvalue weighted by Crippen LogP contribution is -2.42. The number of amides is 2. The lowest BCUT2D eigenvalue weighted by Gasteiger charge is -2.28. The second-order valence-corrected chi connectivity index (χ2v) is 10.8. The zero-order valence-corrected chi connectivity index (χ0v) is 20.5. The van der Waals surface area contributed by atoms with E-state index in [1.807, 2.05) is 20.8 Å². The minimum Gasteiger partial charge on any atom is -0.490 e. The van der Waals surface area contributed by atoms with E-state index in [1.54, 1.807) is 49.1 Å². The molecule has 0 saturated heterocycles. The van der Waals surface area contributed by atoms with Gasteiger partial charge >= 0.3 is 0 Å². The van der Waals surface area contributed by atoms with E-state index in [0.29, 0.717) is 29.4 Å². The first-order valence-corrected chi connectivity index (χ1v) is 12.5. The summed E-state index contributed by atoms with van der Waals surface area (Å²) in [4.78, 5) is 26.6. The molecule has 1 aliphatic rings. The summed E-state index contributed by atoms with van der Waals surface area (Å²) in [7, 11) is -3.88. The number of rotatable bonds is 7. The van der Waals surface area contributed by atoms with Crippen molar-refractivity contribution in [2.45, 2.75) is 45.9 Å². The van der Waals surface area contributed by atoms with Crippen molar-refractivity contribution in [3.8, 4) is 5.75 Å². The van der Waals surface area contributed by atoms with Crippen LogP contribution in [0.15, 0.2) is 47.4 Å². The molecule has 2 amide bonds. The molecule has 0 unspecified atom stereocenters. The first kappa shape index (κ1) is 24.6. The van der Waals surface area contributed by atoms with E-state index in [2.05, 4.69) is 10.0 Å². The Labute approximate surface area is 195 Å². The fourth-order valence-corrected chi connectivity index (χ4v) is 4.42. The summed E-state index contributed by atoms with van der Waals surface area (Å²) in [6, 6.07) is 10.9. The highest BCUT2D eigenvalue weighted by Crippen LogP contribution is 2.38. The third-order valence-corrected chi connectivity index (χ3v) is 6.72. The molecule has 1 heterocycles. The Hall–Kier alpha value is -3.07. The lowest BCUT2D eigenvalue weighted by atomic mass is 9.93. The maximum absolute atomic E-state index is 13.1. The first-order valence-electron chi connectivity index (χ1n) is 11.0. The number of anilines is 3. The SMILES string of the molecule is CCCN1C(=O)C(C)(C)COc2ccc(NS(=O)(=O)c3ccc(NC(=O)C(C)C)cc3)cc21. The van der Waals surface area contributed by atoms with Crippen LogP contribution in [-0.4, -0.2) is 33.4 Å². The van der Waals surface area contributed by atoms with Crippen LogP contribution < -0.4 is 19.7 Å². The third kappa shape index (κ3) is 5.47. The van der Waals surface area contributed by atoms with E-state index >= 15 is 0 Å². The number of ether oxygens (including phenoxy) is 1. The number of carbonyl (C=O) groups is 2. The second kappa shape index (κ2) is 9.43. The third-order valence-electron chi connectivity index (χ3n) is 5.32. The van der Waals surface area contributed by atoms with Gasteiger partial charge in [0, 0.05) is 18.2 Å². The molecule has 9 heteroatoms. The Morgan fingerprint density at radius 2 is 1.76 bits per heavy atom. The molecule has 0 bridgehead atoms. The smallest absolute Gasteiger partial charge is 0.261 e. The van der Waals surface area contributed by atoms with Crippen LogP contribution >= 0.6 is 0 Å². The zero-order valence-electron chi connectivity index (χ0n) is 19.6. The van der Waals surface area contributed by atoms with Gasteiger partial charge < -0.3 is 15.0 Å². The van der Waals surface area contributed by atoms with Crippen molar-refractivity contribution in [3.05, 3.63) is 42.5 Å². The van der Waals surface area contributed by atoms with E-state index in [-0.39, 0.29) is 29.2 Å². The van der Waals surface area contributed by atoms with Crippen LogP contribution in [0.2, 0.25) is 0 Å². The monoisotopic (exact) mass is 473 g/mol. The Bertz CT molecular complexity index is 1140. The molecule has 0 radical (unpaired) electrons. The molecular weight excluding hydrogens is 442 g/mol. The highest BCUT2D eigenvalue weighted by atomic mass is 32.2. The van der Waals surface area contributed by atoms with E-state index in [1.165, 1.54) is 12.1 Å². The predicted octanol–water partition coefficient (Wildman–Crippen LogP) is 4.24. The Kier molecular flexibility index (Phi) is 7.02. The van der Waals surface area contributed by atoms with Crippen LogP contribution in [0, 0.1) is 11.3 Å². The highest BCUT2D eigenvalue weighted by molar-refractivity contribution is 7.92. The number of hydrogen-bond acceptors (Lipinski definition) is 5. The number of nitrogens with zero attached hydrogens (tertiary/aromatic N) is 1. The second-order valence-electron chi connectivity index (χ2n) is 9.09. The van der Waals surface area contributed by atoms with Gasteiger partial charge in [0.25, 0.3) is 10.0 Å². The number of carbonyl (C=O) groups excluding carboxylic acids is 2. The van der Waals surface area contributed by atoms with E-state index in [0.717, 1.165) is 6.42 Å². The summed E-state index contributed by atoms with van der Waals surface area (Å²) >= 11 is 0. The van der Waals surface area contributed by atoms with Crippen molar-refractivity contribution in [1.82, 2.24) is 0 Å². The minimum atomic E-state index is -3.88. The summed E-state index contributed by atoms with van der Waals surface area (Å²) in [6.07, 6.45) is 0.747. The molecule has 3 rings (SSSR count). The molecule has 2 aromatic carbocycles. The van der Waals surface area contributed by atoms with E-state index in [4.69, 9.17) is 4.74 Å². The average Bonchev–Trinajstić information content (AvgIpc) is 2.84. The average molecular weight is 474 g/mol. The van der Waals surface area contributed by atoms with Gasteiger partial charge in [-0.1, -0.05) is 20.8 Å². The van der Waals surface area contributed by atoms with Crippen LogP contribution in [-0.2, 0) is 19.6 Å². The molecule has 0 saturated carbocycles. The van der Waals surface area contributed by atoms with Gasteiger partial charge in [-0.25, -0.2) is 8.42 Å². The molecule has 0 aliphatic carbocycles. The van der Waals surface area contributed by atoms with E-state index in [9.17, 15) is 18.0 Å². The number of hydrogen-bond donors (Lipinski definition) is 2. The van der Waals surface area contributed by atoms with Crippen LogP contribution in [0.25, 0.3) is 0 Å². The Morgan fingerprint density at radius 3 is 2.36 bits per heavy atom. The summed E-state index contributed by atoms with van der Waals surface area (Å²) in [5.41, 5.74) is 0.689. The molecule has 8 nitrogen and oxygen atoms in total. The number of nitrogens with one attached hydrogen (secondary N) is 2. The summed E-state index contributed by atoms with van der Waals surface area (Å²) < 4.78 is 34.3. The molecule has 0 aromatic heterocycles. The molecular formula is C24H31N3O5S. The number of benzene rings is 2. The first-order chi connectivity index (χ1) is 15.4. The fraction of sp³-hybridized carbons (Fsp3) is 0.417. The summed E-state index contributed by atoms with van der Waals surface area (Å²) in [5, 5.41) is 2.73. The fourth-order valence-electron chi connectivity index (χ4n) is 3.37. The van der Waals surface area contributed by atoms with Gasteiger partial charge in [-0.3, -0.25) is 14.3 Å². The van der Waals surface area contributed by atoms with Crippen LogP contribution in [0.5, 0.6) is 5.75 Å². The number of fused-ring (bicyclic) bond motifs is 1. The molecule has 2 N–H and O–H groups in total. The number of sulfonamides is 1. The summed E-state index contributed by atoms with van der Waals surface area (Å²) in [6.45, 7) is 9.94. The minimum absolute atomic E-state index is 0.0545. The Morgan fingerprint density at radius 1 is 1.12 bits per heavy atom. The van der Waals surface area contributed by atoms with Crippen molar-refractivity contribution < 1.29 is 22.7 Å².